The fourth-order valence-corrected chi connectivity index (χ4v) is 2.80. The van der Waals surface area contributed by atoms with Crippen molar-refractivity contribution in [1.82, 2.24) is 5.32 Å². The van der Waals surface area contributed by atoms with Gasteiger partial charge in [0.1, 0.15) is 0 Å². The average molecular weight is 224 g/mol. The number of ether oxygens (including phenoxy) is 1. The van der Waals surface area contributed by atoms with E-state index in [0.29, 0.717) is 18.6 Å². The van der Waals surface area contributed by atoms with Crippen LogP contribution in [-0.2, 0) is 11.3 Å². The molecule has 2 atom stereocenters. The Kier molecular flexibility index (Phi) is 2.23. The first kappa shape index (κ1) is 9.64. The van der Waals surface area contributed by atoms with Crippen LogP contribution >= 0.6 is 11.6 Å². The first-order valence-corrected chi connectivity index (χ1v) is 5.75. The van der Waals surface area contributed by atoms with Crippen molar-refractivity contribution in [3.8, 4) is 0 Å². The van der Waals surface area contributed by atoms with Crippen molar-refractivity contribution in [2.45, 2.75) is 25.6 Å². The minimum absolute atomic E-state index is 0.344. The quantitative estimate of drug-likeness (QED) is 0.729. The highest BCUT2D eigenvalue weighted by Gasteiger charge is 2.35. The molecule has 3 rings (SSSR count). The average Bonchev–Trinajstić information content (AvgIpc) is 2.71. The third-order valence-corrected chi connectivity index (χ3v) is 4.00. The van der Waals surface area contributed by atoms with Crippen molar-refractivity contribution in [2.24, 2.45) is 0 Å². The highest BCUT2D eigenvalue weighted by atomic mass is 35.5. The molecule has 1 fully saturated rings. The lowest BCUT2D eigenvalue weighted by Gasteiger charge is -2.29. The molecule has 0 aromatic heterocycles. The summed E-state index contributed by atoms with van der Waals surface area (Å²) in [6.45, 7) is 4.69. The van der Waals surface area contributed by atoms with Crippen molar-refractivity contribution < 1.29 is 4.74 Å². The zero-order valence-corrected chi connectivity index (χ0v) is 9.47. The number of hydrogen-bond donors (Lipinski definition) is 1. The number of aryl methyl sites for hydroxylation is 1. The van der Waals surface area contributed by atoms with E-state index in [9.17, 15) is 0 Å². The van der Waals surface area contributed by atoms with Crippen molar-refractivity contribution in [3.63, 3.8) is 0 Å². The van der Waals surface area contributed by atoms with E-state index in [1.54, 1.807) is 0 Å². The minimum atomic E-state index is 0.344. The zero-order chi connectivity index (χ0) is 10.4. The summed E-state index contributed by atoms with van der Waals surface area (Å²) in [5, 5.41) is 4.26. The Morgan fingerprint density at radius 2 is 2.27 bits per heavy atom. The van der Waals surface area contributed by atoms with Crippen LogP contribution in [-0.4, -0.2) is 19.2 Å². The van der Waals surface area contributed by atoms with Gasteiger partial charge in [0.15, 0.2) is 0 Å². The van der Waals surface area contributed by atoms with E-state index in [-0.39, 0.29) is 0 Å². The number of rotatable bonds is 0. The lowest BCUT2D eigenvalue weighted by Crippen LogP contribution is -2.27. The summed E-state index contributed by atoms with van der Waals surface area (Å²) >= 11 is 6.30. The number of hydrogen-bond acceptors (Lipinski definition) is 2. The van der Waals surface area contributed by atoms with E-state index < -0.39 is 0 Å². The van der Waals surface area contributed by atoms with Gasteiger partial charge in [-0.25, -0.2) is 0 Å². The molecule has 2 nitrogen and oxygen atoms in total. The lowest BCUT2D eigenvalue weighted by molar-refractivity contribution is 0.0299. The van der Waals surface area contributed by atoms with Gasteiger partial charge in [0.2, 0.25) is 0 Å². The van der Waals surface area contributed by atoms with Crippen LogP contribution in [0.4, 0.5) is 0 Å². The molecule has 1 aromatic rings. The van der Waals surface area contributed by atoms with Gasteiger partial charge < -0.3 is 10.1 Å². The van der Waals surface area contributed by atoms with Crippen molar-refractivity contribution in [1.29, 1.82) is 0 Å². The lowest BCUT2D eigenvalue weighted by atomic mass is 9.89. The monoisotopic (exact) mass is 223 g/mol. The fraction of sp³-hybridized carbons (Fsp3) is 0.500. The molecule has 0 saturated carbocycles. The summed E-state index contributed by atoms with van der Waals surface area (Å²) in [6.07, 6.45) is 0.344. The Morgan fingerprint density at radius 1 is 1.40 bits per heavy atom. The number of nitrogens with one attached hydrogen (secondary N) is 1. The molecule has 0 radical (unpaired) electrons. The fourth-order valence-electron chi connectivity index (χ4n) is 2.58. The number of fused-ring (bicyclic) bond motifs is 3. The second kappa shape index (κ2) is 3.48. The molecule has 0 aliphatic carbocycles. The molecule has 1 aromatic carbocycles. The Labute approximate surface area is 94.6 Å². The molecule has 2 aliphatic rings. The maximum absolute atomic E-state index is 6.30. The SMILES string of the molecule is Cc1ccc2c(c1Cl)CO[C@@H]1CNC[C@H]21. The van der Waals surface area contributed by atoms with Gasteiger partial charge in [0.05, 0.1) is 12.7 Å². The van der Waals surface area contributed by atoms with Crippen LogP contribution in [0.25, 0.3) is 0 Å². The maximum Gasteiger partial charge on any atom is 0.0784 e. The summed E-state index contributed by atoms with van der Waals surface area (Å²) in [5.74, 6) is 0.492. The number of benzene rings is 1. The molecule has 2 heterocycles. The van der Waals surface area contributed by atoms with Gasteiger partial charge in [-0.2, -0.15) is 0 Å². The van der Waals surface area contributed by atoms with Crippen LogP contribution in [0.1, 0.15) is 22.6 Å². The van der Waals surface area contributed by atoms with E-state index >= 15 is 0 Å². The normalized spacial score (nSPS) is 28.7. The summed E-state index contributed by atoms with van der Waals surface area (Å²) < 4.78 is 5.82. The van der Waals surface area contributed by atoms with Gasteiger partial charge in [0.25, 0.3) is 0 Å². The van der Waals surface area contributed by atoms with E-state index in [1.807, 2.05) is 6.92 Å². The molecule has 0 bridgehead atoms. The van der Waals surface area contributed by atoms with Crippen LogP contribution < -0.4 is 5.32 Å². The van der Waals surface area contributed by atoms with Crippen molar-refractivity contribution >= 4 is 11.6 Å². The maximum atomic E-state index is 6.30. The largest absolute Gasteiger partial charge is 0.371 e. The van der Waals surface area contributed by atoms with E-state index in [2.05, 4.69) is 17.4 Å². The minimum Gasteiger partial charge on any atom is -0.371 e. The first-order valence-electron chi connectivity index (χ1n) is 5.37. The summed E-state index contributed by atoms with van der Waals surface area (Å²) in [7, 11) is 0. The summed E-state index contributed by atoms with van der Waals surface area (Å²) in [5.41, 5.74) is 3.72. The Morgan fingerprint density at radius 3 is 3.13 bits per heavy atom. The van der Waals surface area contributed by atoms with Crippen LogP contribution in [0.3, 0.4) is 0 Å². The third kappa shape index (κ3) is 1.40. The molecule has 0 unspecified atom stereocenters. The van der Waals surface area contributed by atoms with Gasteiger partial charge in [-0.3, -0.25) is 0 Å². The second-order valence-electron chi connectivity index (χ2n) is 4.38. The number of halogens is 1. The van der Waals surface area contributed by atoms with Crippen molar-refractivity contribution in [3.05, 3.63) is 33.8 Å². The van der Waals surface area contributed by atoms with Crippen LogP contribution in [0, 0.1) is 6.92 Å². The Balaban J connectivity index is 2.11. The molecular weight excluding hydrogens is 210 g/mol. The van der Waals surface area contributed by atoms with Gasteiger partial charge in [-0.1, -0.05) is 23.7 Å². The molecule has 1 saturated heterocycles. The third-order valence-electron chi connectivity index (χ3n) is 3.47. The van der Waals surface area contributed by atoms with Gasteiger partial charge >= 0.3 is 0 Å². The Hall–Kier alpha value is -0.570. The summed E-state index contributed by atoms with van der Waals surface area (Å²) in [6, 6.07) is 4.32. The van der Waals surface area contributed by atoms with E-state index in [0.717, 1.165) is 23.7 Å². The first-order chi connectivity index (χ1) is 7.27. The second-order valence-corrected chi connectivity index (χ2v) is 4.76. The summed E-state index contributed by atoms with van der Waals surface area (Å²) in [4.78, 5) is 0. The zero-order valence-electron chi connectivity index (χ0n) is 8.72. The molecule has 0 amide bonds. The predicted octanol–water partition coefficient (Wildman–Crippen LogP) is 2.23. The highest BCUT2D eigenvalue weighted by Crippen LogP contribution is 2.37. The molecule has 0 spiro atoms. The van der Waals surface area contributed by atoms with Gasteiger partial charge in [-0.05, 0) is 18.1 Å². The smallest absolute Gasteiger partial charge is 0.0784 e. The topological polar surface area (TPSA) is 21.3 Å². The highest BCUT2D eigenvalue weighted by molar-refractivity contribution is 6.32. The molecule has 1 N–H and O–H groups in total. The van der Waals surface area contributed by atoms with E-state index in [1.165, 1.54) is 11.1 Å². The van der Waals surface area contributed by atoms with Crippen LogP contribution in [0.15, 0.2) is 12.1 Å². The standard InChI is InChI=1S/C12H14ClNO/c1-7-2-3-8-9-4-14-5-11(9)15-6-10(8)12(7)13/h2-3,9,11,14H,4-6H2,1H3/t9-,11-/m1/s1. The van der Waals surface area contributed by atoms with E-state index in [4.69, 9.17) is 16.3 Å². The molecule has 2 aliphatic heterocycles. The van der Waals surface area contributed by atoms with Crippen molar-refractivity contribution in [2.75, 3.05) is 13.1 Å². The van der Waals surface area contributed by atoms with Crippen LogP contribution in [0.2, 0.25) is 5.02 Å². The predicted molar refractivity (Wildman–Crippen MR) is 60.4 cm³/mol. The molecule has 3 heteroatoms. The van der Waals surface area contributed by atoms with Gasteiger partial charge in [0, 0.05) is 29.6 Å². The van der Waals surface area contributed by atoms with Gasteiger partial charge in [-0.15, -0.1) is 0 Å². The molecule has 80 valence electrons. The van der Waals surface area contributed by atoms with Crippen LogP contribution in [0.5, 0.6) is 0 Å². The molecular formula is C12H14ClNO. The molecule has 15 heavy (non-hydrogen) atoms. The Bertz CT molecular complexity index is 405.